The van der Waals surface area contributed by atoms with Crippen LogP contribution < -0.4 is 0 Å². The Hall–Kier alpha value is -1.91. The molecular weight excluding hydrogens is 232 g/mol. The average Bonchev–Trinajstić information content (AvgIpc) is 2.38. The van der Waals surface area contributed by atoms with Crippen molar-refractivity contribution in [2.75, 3.05) is 6.54 Å². The van der Waals surface area contributed by atoms with Gasteiger partial charge in [-0.05, 0) is 32.3 Å². The Bertz CT molecular complexity index is 473. The molecule has 1 fully saturated rings. The van der Waals surface area contributed by atoms with Crippen molar-refractivity contribution < 1.29 is 9.72 Å². The molecule has 0 radical (unpaired) electrons. The first-order chi connectivity index (χ1) is 8.61. The van der Waals surface area contributed by atoms with Crippen molar-refractivity contribution in [1.29, 1.82) is 0 Å². The fourth-order valence-electron chi connectivity index (χ4n) is 2.37. The van der Waals surface area contributed by atoms with Crippen LogP contribution in [0.1, 0.15) is 36.5 Å². The van der Waals surface area contributed by atoms with E-state index in [9.17, 15) is 14.9 Å². The molecule has 1 saturated heterocycles. The number of amides is 1. The number of rotatable bonds is 2. The van der Waals surface area contributed by atoms with E-state index in [1.807, 2.05) is 6.92 Å². The van der Waals surface area contributed by atoms with Gasteiger partial charge in [0, 0.05) is 18.7 Å². The lowest BCUT2D eigenvalue weighted by Gasteiger charge is -2.33. The van der Waals surface area contributed by atoms with Crippen molar-refractivity contribution in [3.63, 3.8) is 0 Å². The number of benzene rings is 1. The third-order valence-electron chi connectivity index (χ3n) is 3.39. The molecule has 1 aromatic rings. The molecule has 18 heavy (non-hydrogen) atoms. The number of piperidine rings is 1. The van der Waals surface area contributed by atoms with E-state index in [4.69, 9.17) is 0 Å². The maximum atomic E-state index is 12.4. The van der Waals surface area contributed by atoms with Crippen molar-refractivity contribution in [1.82, 2.24) is 4.90 Å². The molecule has 0 bridgehead atoms. The molecule has 5 heteroatoms. The number of hydrogen-bond acceptors (Lipinski definition) is 3. The lowest BCUT2D eigenvalue weighted by atomic mass is 10.0. The van der Waals surface area contributed by atoms with Crippen LogP contribution in [-0.4, -0.2) is 28.3 Å². The van der Waals surface area contributed by atoms with Gasteiger partial charge in [-0.25, -0.2) is 0 Å². The number of nitrogens with zero attached hydrogens (tertiary/aromatic N) is 2. The van der Waals surface area contributed by atoms with Gasteiger partial charge >= 0.3 is 0 Å². The van der Waals surface area contributed by atoms with E-state index in [-0.39, 0.29) is 23.2 Å². The van der Waals surface area contributed by atoms with Gasteiger partial charge in [0.25, 0.3) is 11.6 Å². The molecule has 2 rings (SSSR count). The summed E-state index contributed by atoms with van der Waals surface area (Å²) >= 11 is 0. The van der Waals surface area contributed by atoms with Gasteiger partial charge in [0.15, 0.2) is 0 Å². The second kappa shape index (κ2) is 5.16. The third kappa shape index (κ3) is 2.34. The molecule has 1 heterocycles. The Morgan fingerprint density at radius 3 is 2.78 bits per heavy atom. The minimum absolute atomic E-state index is 0.111. The summed E-state index contributed by atoms with van der Waals surface area (Å²) in [4.78, 5) is 24.5. The number of nitro benzene ring substituents is 1. The summed E-state index contributed by atoms with van der Waals surface area (Å²) in [6.45, 7) is 2.68. The first-order valence-corrected chi connectivity index (χ1v) is 6.15. The summed E-state index contributed by atoms with van der Waals surface area (Å²) in [5, 5.41) is 10.9. The Morgan fingerprint density at radius 1 is 1.39 bits per heavy atom. The molecule has 5 nitrogen and oxygen atoms in total. The summed E-state index contributed by atoms with van der Waals surface area (Å²) < 4.78 is 0. The molecule has 0 unspecified atom stereocenters. The standard InChI is InChI=1S/C13H16N2O3/c1-10-6-4-5-9-14(10)13(16)11-7-2-3-8-12(11)15(17)18/h2-3,7-8,10H,4-6,9H2,1H3/t10-/m0/s1. The van der Waals surface area contributed by atoms with Gasteiger partial charge in [-0.3, -0.25) is 14.9 Å². The zero-order chi connectivity index (χ0) is 13.1. The Labute approximate surface area is 106 Å². The highest BCUT2D eigenvalue weighted by Crippen LogP contribution is 2.24. The van der Waals surface area contributed by atoms with Crippen LogP contribution in [-0.2, 0) is 0 Å². The van der Waals surface area contributed by atoms with E-state index in [1.54, 1.807) is 17.0 Å². The van der Waals surface area contributed by atoms with Crippen molar-refractivity contribution >= 4 is 11.6 Å². The zero-order valence-corrected chi connectivity index (χ0v) is 10.3. The van der Waals surface area contributed by atoms with Crippen LogP contribution in [0.25, 0.3) is 0 Å². The van der Waals surface area contributed by atoms with Crippen LogP contribution in [0.4, 0.5) is 5.69 Å². The van der Waals surface area contributed by atoms with E-state index in [1.165, 1.54) is 12.1 Å². The second-order valence-corrected chi connectivity index (χ2v) is 4.62. The molecular formula is C13H16N2O3. The molecule has 1 aliphatic heterocycles. The quantitative estimate of drug-likeness (QED) is 0.597. The molecule has 0 aliphatic carbocycles. The van der Waals surface area contributed by atoms with E-state index in [2.05, 4.69) is 0 Å². The number of nitro groups is 1. The monoisotopic (exact) mass is 248 g/mol. The highest BCUT2D eigenvalue weighted by molar-refractivity contribution is 5.98. The van der Waals surface area contributed by atoms with E-state index in [0.717, 1.165) is 19.3 Å². The van der Waals surface area contributed by atoms with E-state index in [0.29, 0.717) is 6.54 Å². The minimum atomic E-state index is -0.498. The first kappa shape index (κ1) is 12.5. The van der Waals surface area contributed by atoms with Gasteiger partial charge < -0.3 is 4.90 Å². The molecule has 0 spiro atoms. The van der Waals surface area contributed by atoms with Gasteiger partial charge in [0.1, 0.15) is 5.56 Å². The van der Waals surface area contributed by atoms with E-state index < -0.39 is 4.92 Å². The Kier molecular flexibility index (Phi) is 3.60. The SMILES string of the molecule is C[C@H]1CCCCN1C(=O)c1ccccc1[N+](=O)[O-]. The number of para-hydroxylation sites is 1. The smallest absolute Gasteiger partial charge is 0.282 e. The van der Waals surface area contributed by atoms with Crippen molar-refractivity contribution in [3.05, 3.63) is 39.9 Å². The zero-order valence-electron chi connectivity index (χ0n) is 10.3. The number of carbonyl (C=O) groups is 1. The Morgan fingerprint density at radius 2 is 2.11 bits per heavy atom. The molecule has 1 aromatic carbocycles. The predicted octanol–water partition coefficient (Wildman–Crippen LogP) is 2.61. The van der Waals surface area contributed by atoms with Gasteiger partial charge in [0.2, 0.25) is 0 Å². The van der Waals surface area contributed by atoms with Crippen LogP contribution >= 0.6 is 0 Å². The maximum absolute atomic E-state index is 12.4. The van der Waals surface area contributed by atoms with Crippen LogP contribution in [0, 0.1) is 10.1 Å². The van der Waals surface area contributed by atoms with Gasteiger partial charge in [0.05, 0.1) is 4.92 Å². The lowest BCUT2D eigenvalue weighted by molar-refractivity contribution is -0.385. The van der Waals surface area contributed by atoms with Crippen LogP contribution in [0.15, 0.2) is 24.3 Å². The minimum Gasteiger partial charge on any atom is -0.336 e. The van der Waals surface area contributed by atoms with Crippen molar-refractivity contribution in [2.24, 2.45) is 0 Å². The molecule has 0 N–H and O–H groups in total. The number of likely N-dealkylation sites (tertiary alicyclic amines) is 1. The predicted molar refractivity (Wildman–Crippen MR) is 67.4 cm³/mol. The van der Waals surface area contributed by atoms with Crippen LogP contribution in [0.2, 0.25) is 0 Å². The molecule has 96 valence electrons. The summed E-state index contributed by atoms with van der Waals surface area (Å²) in [5.74, 6) is -0.227. The topological polar surface area (TPSA) is 63.5 Å². The fourth-order valence-corrected chi connectivity index (χ4v) is 2.37. The summed E-state index contributed by atoms with van der Waals surface area (Å²) in [7, 11) is 0. The lowest BCUT2D eigenvalue weighted by Crippen LogP contribution is -2.42. The first-order valence-electron chi connectivity index (χ1n) is 6.15. The van der Waals surface area contributed by atoms with Crippen LogP contribution in [0.5, 0.6) is 0 Å². The molecule has 0 aromatic heterocycles. The maximum Gasteiger partial charge on any atom is 0.282 e. The molecule has 0 saturated carbocycles. The van der Waals surface area contributed by atoms with Gasteiger partial charge in [-0.2, -0.15) is 0 Å². The van der Waals surface area contributed by atoms with Crippen LogP contribution in [0.3, 0.4) is 0 Å². The number of carbonyl (C=O) groups excluding carboxylic acids is 1. The fraction of sp³-hybridized carbons (Fsp3) is 0.462. The average molecular weight is 248 g/mol. The highest BCUT2D eigenvalue weighted by Gasteiger charge is 2.28. The molecule has 1 aliphatic rings. The molecule has 1 amide bonds. The van der Waals surface area contributed by atoms with Gasteiger partial charge in [-0.15, -0.1) is 0 Å². The Balaban J connectivity index is 2.30. The number of hydrogen-bond donors (Lipinski definition) is 0. The highest BCUT2D eigenvalue weighted by atomic mass is 16.6. The largest absolute Gasteiger partial charge is 0.336 e. The van der Waals surface area contributed by atoms with Crippen molar-refractivity contribution in [3.8, 4) is 0 Å². The van der Waals surface area contributed by atoms with E-state index >= 15 is 0 Å². The summed E-state index contributed by atoms with van der Waals surface area (Å²) in [6, 6.07) is 6.30. The normalized spacial score (nSPS) is 19.6. The summed E-state index contributed by atoms with van der Waals surface area (Å²) in [6.07, 6.45) is 3.05. The third-order valence-corrected chi connectivity index (χ3v) is 3.39. The molecule has 1 atom stereocenters. The second-order valence-electron chi connectivity index (χ2n) is 4.62. The van der Waals surface area contributed by atoms with Gasteiger partial charge in [-0.1, -0.05) is 12.1 Å². The summed E-state index contributed by atoms with van der Waals surface area (Å²) in [5.41, 5.74) is 0.0801. The van der Waals surface area contributed by atoms with Crippen molar-refractivity contribution in [2.45, 2.75) is 32.2 Å².